The molecule has 1 aliphatic heterocycles. The SMILES string of the molecule is C[C@H](N1[C@@H](c2ccccc2)CS1(=O)=O)C(C)(C)C. The Balaban J connectivity index is 2.31. The molecule has 0 unspecified atom stereocenters. The number of rotatable bonds is 2. The van der Waals surface area contributed by atoms with E-state index in [1.807, 2.05) is 37.3 Å². The molecular formula is C14H21NO2S. The second-order valence-corrected chi connectivity index (χ2v) is 8.00. The van der Waals surface area contributed by atoms with Crippen molar-refractivity contribution in [2.24, 2.45) is 5.41 Å². The minimum Gasteiger partial charge on any atom is -0.212 e. The summed E-state index contributed by atoms with van der Waals surface area (Å²) < 4.78 is 25.7. The topological polar surface area (TPSA) is 37.4 Å². The molecule has 1 fully saturated rings. The molecule has 0 aromatic heterocycles. The van der Waals surface area contributed by atoms with Crippen LogP contribution in [0, 0.1) is 5.41 Å². The molecule has 18 heavy (non-hydrogen) atoms. The Labute approximate surface area is 110 Å². The lowest BCUT2D eigenvalue weighted by Crippen LogP contribution is -2.57. The van der Waals surface area contributed by atoms with Gasteiger partial charge in [-0.05, 0) is 17.9 Å². The second-order valence-electron chi connectivity index (χ2n) is 6.08. The molecule has 1 saturated heterocycles. The molecule has 0 saturated carbocycles. The standard InChI is InChI=1S/C14H21NO2S/c1-11(14(2,3)4)15-13(10-18(15,16)17)12-8-6-5-7-9-12/h5-9,11,13H,10H2,1-4H3/t11-,13+/m0/s1. The highest BCUT2D eigenvalue weighted by molar-refractivity contribution is 7.90. The lowest BCUT2D eigenvalue weighted by atomic mass is 9.87. The van der Waals surface area contributed by atoms with Crippen molar-refractivity contribution in [2.45, 2.75) is 39.8 Å². The maximum atomic E-state index is 12.0. The fourth-order valence-corrected chi connectivity index (χ4v) is 4.33. The fourth-order valence-electron chi connectivity index (χ4n) is 2.28. The molecule has 0 N–H and O–H groups in total. The maximum absolute atomic E-state index is 12.0. The third kappa shape index (κ3) is 2.31. The van der Waals surface area contributed by atoms with E-state index >= 15 is 0 Å². The highest BCUT2D eigenvalue weighted by atomic mass is 32.2. The summed E-state index contributed by atoms with van der Waals surface area (Å²) in [4.78, 5) is 0. The van der Waals surface area contributed by atoms with Gasteiger partial charge in [-0.25, -0.2) is 8.42 Å². The number of sulfonamides is 1. The highest BCUT2D eigenvalue weighted by Gasteiger charge is 2.49. The third-order valence-electron chi connectivity index (χ3n) is 3.82. The van der Waals surface area contributed by atoms with Crippen molar-refractivity contribution in [3.8, 4) is 0 Å². The van der Waals surface area contributed by atoms with Gasteiger partial charge in [-0.2, -0.15) is 4.31 Å². The summed E-state index contributed by atoms with van der Waals surface area (Å²) in [6, 6.07) is 9.88. The van der Waals surface area contributed by atoms with Crippen molar-refractivity contribution in [2.75, 3.05) is 5.75 Å². The first kappa shape index (κ1) is 13.6. The average Bonchev–Trinajstić information content (AvgIpc) is 2.26. The molecule has 0 radical (unpaired) electrons. The Morgan fingerprint density at radius 3 is 2.22 bits per heavy atom. The Kier molecular flexibility index (Phi) is 3.28. The summed E-state index contributed by atoms with van der Waals surface area (Å²) >= 11 is 0. The summed E-state index contributed by atoms with van der Waals surface area (Å²) in [5, 5.41) is 0. The maximum Gasteiger partial charge on any atom is 0.216 e. The molecule has 4 heteroatoms. The van der Waals surface area contributed by atoms with Crippen LogP contribution in [-0.2, 0) is 10.0 Å². The molecular weight excluding hydrogens is 246 g/mol. The summed E-state index contributed by atoms with van der Waals surface area (Å²) in [5.41, 5.74) is 1.03. The highest BCUT2D eigenvalue weighted by Crippen LogP contribution is 2.41. The second kappa shape index (κ2) is 4.35. The predicted molar refractivity (Wildman–Crippen MR) is 73.7 cm³/mol. The largest absolute Gasteiger partial charge is 0.216 e. The summed E-state index contributed by atoms with van der Waals surface area (Å²) in [6.07, 6.45) is 0. The van der Waals surface area contributed by atoms with Crippen molar-refractivity contribution >= 4 is 10.0 Å². The molecule has 2 rings (SSSR count). The van der Waals surface area contributed by atoms with Crippen LogP contribution in [0.4, 0.5) is 0 Å². The Hall–Kier alpha value is -0.870. The van der Waals surface area contributed by atoms with Gasteiger partial charge in [-0.15, -0.1) is 0 Å². The Morgan fingerprint density at radius 2 is 1.78 bits per heavy atom. The van der Waals surface area contributed by atoms with Crippen LogP contribution < -0.4 is 0 Å². The molecule has 1 aliphatic rings. The van der Waals surface area contributed by atoms with Gasteiger partial charge in [-0.1, -0.05) is 51.1 Å². The molecule has 2 atom stereocenters. The van der Waals surface area contributed by atoms with Gasteiger partial charge >= 0.3 is 0 Å². The molecule has 0 spiro atoms. The molecule has 3 nitrogen and oxygen atoms in total. The van der Waals surface area contributed by atoms with E-state index < -0.39 is 10.0 Å². The van der Waals surface area contributed by atoms with Crippen molar-refractivity contribution < 1.29 is 8.42 Å². The minimum absolute atomic E-state index is 0.00135. The lowest BCUT2D eigenvalue weighted by molar-refractivity contribution is 0.138. The van der Waals surface area contributed by atoms with Crippen molar-refractivity contribution in [3.05, 3.63) is 35.9 Å². The quantitative estimate of drug-likeness (QED) is 0.826. The first-order valence-electron chi connectivity index (χ1n) is 6.29. The monoisotopic (exact) mass is 267 g/mol. The first-order valence-corrected chi connectivity index (χ1v) is 7.90. The predicted octanol–water partition coefficient (Wildman–Crippen LogP) is 2.81. The Bertz CT molecular complexity index is 516. The van der Waals surface area contributed by atoms with E-state index in [0.29, 0.717) is 0 Å². The van der Waals surface area contributed by atoms with Gasteiger partial charge in [0.2, 0.25) is 10.0 Å². The summed E-state index contributed by atoms with van der Waals surface area (Å²) in [7, 11) is -3.07. The first-order chi connectivity index (χ1) is 8.23. The van der Waals surface area contributed by atoms with Crippen LogP contribution in [0.25, 0.3) is 0 Å². The summed E-state index contributed by atoms with van der Waals surface area (Å²) in [6.45, 7) is 8.22. The Morgan fingerprint density at radius 1 is 1.22 bits per heavy atom. The molecule has 0 bridgehead atoms. The van der Waals surface area contributed by atoms with Crippen LogP contribution in [0.2, 0.25) is 0 Å². The number of benzene rings is 1. The third-order valence-corrected chi connectivity index (χ3v) is 5.77. The van der Waals surface area contributed by atoms with Crippen LogP contribution in [0.15, 0.2) is 30.3 Å². The van der Waals surface area contributed by atoms with Gasteiger partial charge in [0.15, 0.2) is 0 Å². The molecule has 100 valence electrons. The average molecular weight is 267 g/mol. The lowest BCUT2D eigenvalue weighted by Gasteiger charge is -2.48. The summed E-state index contributed by atoms with van der Waals surface area (Å²) in [5.74, 6) is 0.234. The van der Waals surface area contributed by atoms with Crippen LogP contribution in [-0.4, -0.2) is 24.5 Å². The van der Waals surface area contributed by atoms with E-state index in [1.165, 1.54) is 0 Å². The molecule has 0 aliphatic carbocycles. The van der Waals surface area contributed by atoms with E-state index in [4.69, 9.17) is 0 Å². The zero-order chi connectivity index (χ0) is 13.6. The van der Waals surface area contributed by atoms with E-state index in [9.17, 15) is 8.42 Å². The minimum atomic E-state index is -3.07. The van der Waals surface area contributed by atoms with E-state index in [2.05, 4.69) is 20.8 Å². The van der Waals surface area contributed by atoms with Gasteiger partial charge in [-0.3, -0.25) is 0 Å². The van der Waals surface area contributed by atoms with Crippen molar-refractivity contribution in [1.82, 2.24) is 4.31 Å². The van der Waals surface area contributed by atoms with E-state index in [-0.39, 0.29) is 23.3 Å². The molecule has 1 aromatic carbocycles. The smallest absolute Gasteiger partial charge is 0.212 e. The zero-order valence-corrected chi connectivity index (χ0v) is 12.2. The van der Waals surface area contributed by atoms with Crippen molar-refractivity contribution in [1.29, 1.82) is 0 Å². The van der Waals surface area contributed by atoms with Crippen LogP contribution >= 0.6 is 0 Å². The van der Waals surface area contributed by atoms with Gasteiger partial charge in [0.1, 0.15) is 0 Å². The van der Waals surface area contributed by atoms with Crippen LogP contribution in [0.3, 0.4) is 0 Å². The number of hydrogen-bond acceptors (Lipinski definition) is 2. The normalized spacial score (nSPS) is 25.4. The zero-order valence-electron chi connectivity index (χ0n) is 11.4. The fraction of sp³-hybridized carbons (Fsp3) is 0.571. The van der Waals surface area contributed by atoms with Gasteiger partial charge < -0.3 is 0 Å². The molecule has 1 aromatic rings. The molecule has 0 amide bonds. The number of hydrogen-bond donors (Lipinski definition) is 0. The van der Waals surface area contributed by atoms with Crippen molar-refractivity contribution in [3.63, 3.8) is 0 Å². The van der Waals surface area contributed by atoms with Gasteiger partial charge in [0.05, 0.1) is 11.8 Å². The van der Waals surface area contributed by atoms with E-state index in [0.717, 1.165) is 5.56 Å². The van der Waals surface area contributed by atoms with E-state index in [1.54, 1.807) is 4.31 Å². The van der Waals surface area contributed by atoms with Crippen LogP contribution in [0.5, 0.6) is 0 Å². The molecule has 1 heterocycles. The van der Waals surface area contributed by atoms with Gasteiger partial charge in [0, 0.05) is 6.04 Å². The van der Waals surface area contributed by atoms with Crippen LogP contribution in [0.1, 0.15) is 39.3 Å². The van der Waals surface area contributed by atoms with Gasteiger partial charge in [0.25, 0.3) is 0 Å². The number of nitrogens with zero attached hydrogens (tertiary/aromatic N) is 1.